The summed E-state index contributed by atoms with van der Waals surface area (Å²) in [5.74, 6) is 2.86. The molecular weight excluding hydrogens is 358 g/mol. The van der Waals surface area contributed by atoms with Crippen molar-refractivity contribution < 1.29 is 9.84 Å². The van der Waals surface area contributed by atoms with E-state index in [2.05, 4.69) is 31.0 Å². The van der Waals surface area contributed by atoms with Crippen LogP contribution in [0, 0.1) is 13.8 Å². The Balaban J connectivity index is 1.85. The highest BCUT2D eigenvalue weighted by molar-refractivity contribution is 7.99. The third kappa shape index (κ3) is 3.31. The van der Waals surface area contributed by atoms with Gasteiger partial charge in [-0.25, -0.2) is 4.98 Å². The predicted molar refractivity (Wildman–Crippen MR) is 106 cm³/mol. The van der Waals surface area contributed by atoms with Crippen LogP contribution in [-0.2, 0) is 13.0 Å². The van der Waals surface area contributed by atoms with Gasteiger partial charge in [-0.3, -0.25) is 4.98 Å². The zero-order chi connectivity index (χ0) is 19.0. The van der Waals surface area contributed by atoms with Crippen molar-refractivity contribution >= 4 is 11.8 Å². The molecule has 0 unspecified atom stereocenters. The van der Waals surface area contributed by atoms with E-state index in [0.717, 1.165) is 38.7 Å². The van der Waals surface area contributed by atoms with Crippen molar-refractivity contribution in [3.05, 3.63) is 58.4 Å². The Morgan fingerprint density at radius 2 is 1.89 bits per heavy atom. The van der Waals surface area contributed by atoms with Crippen LogP contribution in [0.1, 0.15) is 34.9 Å². The lowest BCUT2D eigenvalue weighted by molar-refractivity contribution is 0.278. The maximum Gasteiger partial charge on any atom is 0.227 e. The van der Waals surface area contributed by atoms with Crippen LogP contribution in [0.4, 0.5) is 0 Å². The molecule has 0 spiro atoms. The third-order valence-corrected chi connectivity index (χ3v) is 5.55. The number of aliphatic hydroxyl groups excluding tert-OH is 1. The van der Waals surface area contributed by atoms with E-state index in [1.165, 1.54) is 5.56 Å². The molecule has 4 rings (SSSR count). The highest BCUT2D eigenvalue weighted by atomic mass is 32.2. The number of hydrogen-bond acceptors (Lipinski definition) is 6. The van der Waals surface area contributed by atoms with Gasteiger partial charge in [-0.15, -0.1) is 11.8 Å². The van der Waals surface area contributed by atoms with Crippen molar-refractivity contribution in [1.82, 2.24) is 15.0 Å². The first-order valence-corrected chi connectivity index (χ1v) is 9.96. The topological polar surface area (TPSA) is 68.1 Å². The fraction of sp³-hybridized carbons (Fsp3) is 0.286. The Morgan fingerprint density at radius 1 is 1.11 bits per heavy atom. The number of pyridine rings is 1. The van der Waals surface area contributed by atoms with Crippen LogP contribution in [0.2, 0.25) is 0 Å². The highest BCUT2D eigenvalue weighted by Gasteiger charge is 2.27. The molecule has 3 aromatic rings. The molecule has 0 aliphatic carbocycles. The number of benzene rings is 1. The standard InChI is InChI=1S/C21H21N3O2S/c1-4-27-21-17-9-16-15(11-25)10-22-13(3)18(16)26-20(17)23-19(24-21)14-7-5-12(2)6-8-14/h5-8,10,25H,4,9,11H2,1-3H3. The quantitative estimate of drug-likeness (QED) is 0.417. The summed E-state index contributed by atoms with van der Waals surface area (Å²) >= 11 is 1.68. The molecule has 1 N–H and O–H groups in total. The molecule has 0 radical (unpaired) electrons. The van der Waals surface area contributed by atoms with Gasteiger partial charge in [0, 0.05) is 29.3 Å². The Bertz CT molecular complexity index is 1000. The van der Waals surface area contributed by atoms with Crippen LogP contribution in [0.3, 0.4) is 0 Å². The van der Waals surface area contributed by atoms with E-state index in [-0.39, 0.29) is 6.61 Å². The summed E-state index contributed by atoms with van der Waals surface area (Å²) in [6.45, 7) is 6.02. The lowest BCUT2D eigenvalue weighted by Gasteiger charge is -2.24. The Hall–Kier alpha value is -2.44. The van der Waals surface area contributed by atoms with Gasteiger partial charge in [0.05, 0.1) is 17.9 Å². The first-order valence-electron chi connectivity index (χ1n) is 8.97. The van der Waals surface area contributed by atoms with Gasteiger partial charge in [0.15, 0.2) is 11.6 Å². The van der Waals surface area contributed by atoms with Crippen LogP contribution >= 0.6 is 11.8 Å². The summed E-state index contributed by atoms with van der Waals surface area (Å²) in [6, 6.07) is 8.18. The van der Waals surface area contributed by atoms with Crippen LogP contribution in [0.25, 0.3) is 11.4 Å². The number of nitrogens with zero attached hydrogens (tertiary/aromatic N) is 3. The second kappa shape index (κ2) is 7.29. The molecule has 0 amide bonds. The van der Waals surface area contributed by atoms with E-state index in [0.29, 0.717) is 23.9 Å². The largest absolute Gasteiger partial charge is 0.436 e. The molecule has 3 heterocycles. The molecule has 0 bridgehead atoms. The number of aliphatic hydroxyl groups is 1. The molecule has 6 heteroatoms. The van der Waals surface area contributed by atoms with Crippen molar-refractivity contribution in [2.75, 3.05) is 5.75 Å². The first kappa shape index (κ1) is 17.9. The van der Waals surface area contributed by atoms with Crippen LogP contribution in [0.15, 0.2) is 35.5 Å². The van der Waals surface area contributed by atoms with E-state index < -0.39 is 0 Å². The number of thioether (sulfide) groups is 1. The lowest BCUT2D eigenvalue weighted by Crippen LogP contribution is -2.13. The van der Waals surface area contributed by atoms with E-state index in [1.807, 2.05) is 19.1 Å². The normalized spacial score (nSPS) is 12.3. The summed E-state index contributed by atoms with van der Waals surface area (Å²) in [4.78, 5) is 13.9. The zero-order valence-corrected chi connectivity index (χ0v) is 16.4. The molecule has 0 saturated heterocycles. The highest BCUT2D eigenvalue weighted by Crippen LogP contribution is 2.42. The van der Waals surface area contributed by atoms with Gasteiger partial charge in [-0.2, -0.15) is 4.98 Å². The van der Waals surface area contributed by atoms with E-state index in [1.54, 1.807) is 18.0 Å². The van der Waals surface area contributed by atoms with Crippen LogP contribution in [0.5, 0.6) is 11.6 Å². The van der Waals surface area contributed by atoms with Gasteiger partial charge in [0.2, 0.25) is 5.88 Å². The summed E-state index contributed by atoms with van der Waals surface area (Å²) < 4.78 is 6.19. The Labute approximate surface area is 162 Å². The summed E-state index contributed by atoms with van der Waals surface area (Å²) in [6.07, 6.45) is 2.36. The van der Waals surface area contributed by atoms with E-state index in [9.17, 15) is 5.11 Å². The number of hydrogen-bond donors (Lipinski definition) is 1. The molecule has 1 aromatic carbocycles. The van der Waals surface area contributed by atoms with Gasteiger partial charge in [-0.05, 0) is 19.6 Å². The number of rotatable bonds is 4. The molecule has 2 aromatic heterocycles. The summed E-state index contributed by atoms with van der Waals surface area (Å²) in [5, 5.41) is 10.6. The van der Waals surface area contributed by atoms with Gasteiger partial charge in [0.25, 0.3) is 0 Å². The molecule has 5 nitrogen and oxygen atoms in total. The van der Waals surface area contributed by atoms with Crippen LogP contribution < -0.4 is 4.74 Å². The minimum Gasteiger partial charge on any atom is -0.436 e. The van der Waals surface area contributed by atoms with Gasteiger partial charge >= 0.3 is 0 Å². The molecule has 0 atom stereocenters. The van der Waals surface area contributed by atoms with Crippen molar-refractivity contribution in [2.24, 2.45) is 0 Å². The van der Waals surface area contributed by atoms with E-state index >= 15 is 0 Å². The third-order valence-electron chi connectivity index (χ3n) is 4.65. The summed E-state index contributed by atoms with van der Waals surface area (Å²) in [7, 11) is 0. The van der Waals surface area contributed by atoms with Crippen LogP contribution in [-0.4, -0.2) is 25.8 Å². The van der Waals surface area contributed by atoms with Crippen molar-refractivity contribution in [1.29, 1.82) is 0 Å². The first-order chi connectivity index (χ1) is 13.1. The van der Waals surface area contributed by atoms with Crippen molar-refractivity contribution in [2.45, 2.75) is 38.8 Å². The average molecular weight is 379 g/mol. The number of aryl methyl sites for hydroxylation is 2. The summed E-state index contributed by atoms with van der Waals surface area (Å²) in [5.41, 5.74) is 5.70. The zero-order valence-electron chi connectivity index (χ0n) is 15.6. The molecule has 0 saturated carbocycles. The predicted octanol–water partition coefficient (Wildman–Crippen LogP) is 4.46. The van der Waals surface area contributed by atoms with Crippen molar-refractivity contribution in [3.63, 3.8) is 0 Å². The van der Waals surface area contributed by atoms with Gasteiger partial charge in [0.1, 0.15) is 5.03 Å². The smallest absolute Gasteiger partial charge is 0.227 e. The van der Waals surface area contributed by atoms with Gasteiger partial charge < -0.3 is 9.84 Å². The minimum atomic E-state index is -0.0626. The molecular formula is C21H21N3O2S. The SMILES string of the molecule is CCSc1nc(-c2ccc(C)cc2)nc2c1Cc1c(CO)cnc(C)c1O2. The van der Waals surface area contributed by atoms with Crippen molar-refractivity contribution in [3.8, 4) is 23.0 Å². The maximum absolute atomic E-state index is 9.69. The molecule has 1 aliphatic heterocycles. The minimum absolute atomic E-state index is 0.0626. The van der Waals surface area contributed by atoms with Gasteiger partial charge in [-0.1, -0.05) is 36.8 Å². The van der Waals surface area contributed by atoms with E-state index in [4.69, 9.17) is 14.7 Å². The molecule has 27 heavy (non-hydrogen) atoms. The lowest BCUT2D eigenvalue weighted by atomic mass is 9.99. The second-order valence-electron chi connectivity index (χ2n) is 6.55. The molecule has 138 valence electrons. The monoisotopic (exact) mass is 379 g/mol. The molecule has 0 fully saturated rings. The second-order valence-corrected chi connectivity index (χ2v) is 7.80. The number of aromatic nitrogens is 3. The fourth-order valence-corrected chi connectivity index (χ4v) is 3.94. The Kier molecular flexibility index (Phi) is 4.85. The Morgan fingerprint density at radius 3 is 2.59 bits per heavy atom. The maximum atomic E-state index is 9.69. The number of fused-ring (bicyclic) bond motifs is 2. The number of ether oxygens (including phenoxy) is 1. The fourth-order valence-electron chi connectivity index (χ4n) is 3.18. The molecule has 1 aliphatic rings. The average Bonchev–Trinajstić information content (AvgIpc) is 2.68.